The molecule has 0 N–H and O–H groups in total. The number of hydrogen-bond acceptors (Lipinski definition) is 7. The van der Waals surface area contributed by atoms with Gasteiger partial charge in [-0.15, -0.1) is 11.3 Å². The summed E-state index contributed by atoms with van der Waals surface area (Å²) in [5.41, 5.74) is 1.61. The van der Waals surface area contributed by atoms with Gasteiger partial charge in [-0.05, 0) is 45.8 Å². The lowest BCUT2D eigenvalue weighted by Crippen LogP contribution is -2.39. The first-order valence-electron chi connectivity index (χ1n) is 8.88. The predicted octanol–water partition coefficient (Wildman–Crippen LogP) is 3.89. The van der Waals surface area contributed by atoms with Crippen molar-refractivity contribution in [3.8, 4) is 0 Å². The average molecular weight is 389 g/mol. The minimum atomic E-state index is -0.504. The highest BCUT2D eigenvalue weighted by Crippen LogP contribution is 2.30. The molecule has 0 aliphatic carbocycles. The van der Waals surface area contributed by atoms with E-state index >= 15 is 0 Å². The van der Waals surface area contributed by atoms with Gasteiger partial charge in [-0.2, -0.15) is 0 Å². The lowest BCUT2D eigenvalue weighted by molar-refractivity contribution is 0.0270. The van der Waals surface area contributed by atoms with E-state index in [9.17, 15) is 9.59 Å². The van der Waals surface area contributed by atoms with Crippen molar-refractivity contribution in [1.82, 2.24) is 14.9 Å². The molecule has 1 aliphatic heterocycles. The van der Waals surface area contributed by atoms with E-state index in [0.29, 0.717) is 37.3 Å². The van der Waals surface area contributed by atoms with Crippen LogP contribution in [0.2, 0.25) is 0 Å². The number of pyridine rings is 1. The maximum Gasteiger partial charge on any atom is 0.410 e. The summed E-state index contributed by atoms with van der Waals surface area (Å²) < 4.78 is 11.3. The van der Waals surface area contributed by atoms with Crippen LogP contribution in [0.15, 0.2) is 18.3 Å². The molecule has 0 radical (unpaired) electrons. The van der Waals surface area contributed by atoms with E-state index in [2.05, 4.69) is 9.97 Å². The van der Waals surface area contributed by atoms with Gasteiger partial charge in [0.2, 0.25) is 0 Å². The monoisotopic (exact) mass is 389 g/mol. The average Bonchev–Trinajstić information content (AvgIpc) is 3.04. The number of hydrogen-bond donors (Lipinski definition) is 0. The number of fused-ring (bicyclic) bond motifs is 1. The third-order valence-electron chi connectivity index (χ3n) is 3.89. The molecule has 3 heterocycles. The summed E-state index contributed by atoms with van der Waals surface area (Å²) in [7, 11) is 0. The molecule has 0 spiro atoms. The minimum Gasteiger partial charge on any atom is -0.462 e. The number of carbonyl (C=O) groups is 2. The molecule has 7 nitrogen and oxygen atoms in total. The maximum absolute atomic E-state index is 12.2. The summed E-state index contributed by atoms with van der Waals surface area (Å²) in [5.74, 6) is -0.383. The Kier molecular flexibility index (Phi) is 5.46. The zero-order chi connectivity index (χ0) is 19.6. The minimum absolute atomic E-state index is 0.303. The lowest BCUT2D eigenvalue weighted by Gasteiger charge is -2.29. The summed E-state index contributed by atoms with van der Waals surface area (Å²) in [5, 5.41) is 0.863. The number of ether oxygens (including phenoxy) is 2. The van der Waals surface area contributed by atoms with Crippen LogP contribution in [0.4, 0.5) is 4.79 Å². The van der Waals surface area contributed by atoms with Crippen LogP contribution in [-0.2, 0) is 9.47 Å². The predicted molar refractivity (Wildman–Crippen MR) is 104 cm³/mol. The van der Waals surface area contributed by atoms with E-state index in [4.69, 9.17) is 9.47 Å². The van der Waals surface area contributed by atoms with Crippen molar-refractivity contribution in [2.24, 2.45) is 0 Å². The number of aromatic nitrogens is 2. The van der Waals surface area contributed by atoms with Crippen LogP contribution < -0.4 is 0 Å². The standard InChI is InChI=1S/C19H23N3O4S/c1-5-25-17(23)13-10-14-15(20-11-13)21-16(27-14)12-6-8-22(9-7-12)18(24)26-19(2,3)4/h6,10-11H,5,7-9H2,1-4H3. The van der Waals surface area contributed by atoms with Crippen LogP contribution in [-0.4, -0.2) is 52.2 Å². The second kappa shape index (κ2) is 7.64. The zero-order valence-electron chi connectivity index (χ0n) is 15.9. The van der Waals surface area contributed by atoms with E-state index < -0.39 is 5.60 Å². The molecular weight excluding hydrogens is 366 g/mol. The zero-order valence-corrected chi connectivity index (χ0v) is 16.8. The Labute approximate surface area is 162 Å². The fourth-order valence-electron chi connectivity index (χ4n) is 2.64. The molecular formula is C19H23N3O4S. The topological polar surface area (TPSA) is 81.6 Å². The van der Waals surface area contributed by atoms with Gasteiger partial charge in [0.05, 0.1) is 16.9 Å². The molecule has 8 heteroatoms. The van der Waals surface area contributed by atoms with Crippen LogP contribution >= 0.6 is 11.3 Å². The Hall–Kier alpha value is -2.48. The van der Waals surface area contributed by atoms with Gasteiger partial charge in [-0.1, -0.05) is 6.08 Å². The van der Waals surface area contributed by atoms with Gasteiger partial charge in [-0.25, -0.2) is 19.6 Å². The Morgan fingerprint density at radius 1 is 1.33 bits per heavy atom. The molecule has 0 fully saturated rings. The van der Waals surface area contributed by atoms with Crippen molar-refractivity contribution in [1.29, 1.82) is 0 Å². The molecule has 0 aromatic carbocycles. The number of rotatable bonds is 3. The second-order valence-corrected chi connectivity index (χ2v) is 8.22. The summed E-state index contributed by atoms with van der Waals surface area (Å²) >= 11 is 1.49. The van der Waals surface area contributed by atoms with Crippen LogP contribution in [0, 0.1) is 0 Å². The van der Waals surface area contributed by atoms with Crippen molar-refractivity contribution >= 4 is 39.3 Å². The first-order chi connectivity index (χ1) is 12.8. The fraction of sp³-hybridized carbons (Fsp3) is 0.474. The first-order valence-corrected chi connectivity index (χ1v) is 9.69. The molecule has 0 saturated carbocycles. The third kappa shape index (κ3) is 4.63. The van der Waals surface area contributed by atoms with Crippen LogP contribution in [0.5, 0.6) is 0 Å². The van der Waals surface area contributed by atoms with Crippen LogP contribution in [0.25, 0.3) is 15.9 Å². The summed E-state index contributed by atoms with van der Waals surface area (Å²) in [4.78, 5) is 34.5. The quantitative estimate of drug-likeness (QED) is 0.741. The Morgan fingerprint density at radius 2 is 2.11 bits per heavy atom. The molecule has 27 heavy (non-hydrogen) atoms. The van der Waals surface area contributed by atoms with Crippen molar-refractivity contribution in [3.05, 3.63) is 28.9 Å². The Balaban J connectivity index is 1.74. The van der Waals surface area contributed by atoms with Crippen molar-refractivity contribution in [2.45, 2.75) is 39.7 Å². The highest BCUT2D eigenvalue weighted by Gasteiger charge is 2.24. The van der Waals surface area contributed by atoms with E-state index in [1.54, 1.807) is 17.9 Å². The van der Waals surface area contributed by atoms with Gasteiger partial charge in [0.15, 0.2) is 5.65 Å². The van der Waals surface area contributed by atoms with E-state index in [0.717, 1.165) is 15.3 Å². The highest BCUT2D eigenvalue weighted by atomic mass is 32.1. The molecule has 2 aromatic heterocycles. The maximum atomic E-state index is 12.2. The van der Waals surface area contributed by atoms with Crippen LogP contribution in [0.3, 0.4) is 0 Å². The van der Waals surface area contributed by atoms with E-state index in [1.165, 1.54) is 17.5 Å². The van der Waals surface area contributed by atoms with Crippen molar-refractivity contribution in [2.75, 3.05) is 19.7 Å². The molecule has 0 atom stereocenters. The Bertz CT molecular complexity index is 898. The van der Waals surface area contributed by atoms with Crippen molar-refractivity contribution < 1.29 is 19.1 Å². The number of nitrogens with zero attached hydrogens (tertiary/aromatic N) is 3. The second-order valence-electron chi connectivity index (χ2n) is 7.19. The summed E-state index contributed by atoms with van der Waals surface area (Å²) in [6.07, 6.45) is 3.88. The van der Waals surface area contributed by atoms with Gasteiger partial charge < -0.3 is 14.4 Å². The fourth-order valence-corrected chi connectivity index (χ4v) is 3.67. The molecule has 0 unspecified atom stereocenters. The summed E-state index contributed by atoms with van der Waals surface area (Å²) in [6, 6.07) is 1.76. The number of carbonyl (C=O) groups excluding carboxylic acids is 2. The van der Waals surface area contributed by atoms with E-state index in [-0.39, 0.29) is 12.1 Å². The molecule has 1 aliphatic rings. The lowest BCUT2D eigenvalue weighted by atomic mass is 10.1. The Morgan fingerprint density at radius 3 is 2.74 bits per heavy atom. The van der Waals surface area contributed by atoms with Gasteiger partial charge in [-0.3, -0.25) is 0 Å². The summed E-state index contributed by atoms with van der Waals surface area (Å²) in [6.45, 7) is 8.73. The van der Waals surface area contributed by atoms with E-state index in [1.807, 2.05) is 26.8 Å². The highest BCUT2D eigenvalue weighted by molar-refractivity contribution is 7.19. The van der Waals surface area contributed by atoms with Crippen molar-refractivity contribution in [3.63, 3.8) is 0 Å². The largest absolute Gasteiger partial charge is 0.462 e. The van der Waals surface area contributed by atoms with Crippen LogP contribution in [0.1, 0.15) is 49.5 Å². The molecule has 0 bridgehead atoms. The molecule has 1 amide bonds. The third-order valence-corrected chi connectivity index (χ3v) is 4.96. The SMILES string of the molecule is CCOC(=O)c1cnc2nc(C3=CCN(C(=O)OC(C)(C)C)CC3)sc2c1. The normalized spacial score (nSPS) is 14.8. The number of amides is 1. The molecule has 144 valence electrons. The number of thiazole rings is 1. The molecule has 3 rings (SSSR count). The number of esters is 1. The first kappa shape index (κ1) is 19.3. The van der Waals surface area contributed by atoms with Gasteiger partial charge in [0.1, 0.15) is 10.6 Å². The molecule has 2 aromatic rings. The van der Waals surface area contributed by atoms with Gasteiger partial charge in [0.25, 0.3) is 0 Å². The van der Waals surface area contributed by atoms with Gasteiger partial charge >= 0.3 is 12.1 Å². The van der Waals surface area contributed by atoms with Gasteiger partial charge in [0, 0.05) is 19.3 Å². The molecule has 0 saturated heterocycles. The smallest absolute Gasteiger partial charge is 0.410 e.